The molecule has 12 heavy (non-hydrogen) atoms. The minimum atomic E-state index is -0.270. The molecule has 0 aliphatic rings. The van der Waals surface area contributed by atoms with Crippen LogP contribution in [0.5, 0.6) is 0 Å². The van der Waals surface area contributed by atoms with Crippen molar-refractivity contribution in [3.63, 3.8) is 0 Å². The Bertz CT molecular complexity index is 90.5. The van der Waals surface area contributed by atoms with Gasteiger partial charge < -0.3 is 0 Å². The van der Waals surface area contributed by atoms with Crippen LogP contribution in [0.1, 0.15) is 26.7 Å². The summed E-state index contributed by atoms with van der Waals surface area (Å²) in [4.78, 5) is 2.13. The van der Waals surface area contributed by atoms with E-state index >= 15 is 0 Å². The Morgan fingerprint density at radius 1 is 1.25 bits per heavy atom. The molecule has 0 fully saturated rings. The summed E-state index contributed by atoms with van der Waals surface area (Å²) in [7, 11) is 0. The van der Waals surface area contributed by atoms with Gasteiger partial charge in [-0.05, 0) is 12.8 Å². The third-order valence-corrected chi connectivity index (χ3v) is 2.37. The smallest absolute Gasteiger partial charge is 0.102 e. The lowest BCUT2D eigenvalue weighted by molar-refractivity contribution is 0.181. The predicted molar refractivity (Wildman–Crippen MR) is 52.6 cm³/mol. The van der Waals surface area contributed by atoms with Crippen molar-refractivity contribution in [1.82, 2.24) is 4.90 Å². The highest BCUT2D eigenvalue weighted by Gasteiger charge is 2.13. The third-order valence-electron chi connectivity index (χ3n) is 2.20. The van der Waals surface area contributed by atoms with Crippen molar-refractivity contribution in [2.45, 2.75) is 32.7 Å². The molecular weight excluding hydrogens is 177 g/mol. The van der Waals surface area contributed by atoms with Gasteiger partial charge in [-0.1, -0.05) is 13.8 Å². The molecule has 0 aromatic rings. The van der Waals surface area contributed by atoms with Gasteiger partial charge in [-0.2, -0.15) is 0 Å². The van der Waals surface area contributed by atoms with Gasteiger partial charge in [-0.3, -0.25) is 4.90 Å². The second-order valence-corrected chi connectivity index (χ2v) is 3.26. The van der Waals surface area contributed by atoms with Gasteiger partial charge in [0.25, 0.3) is 0 Å². The zero-order valence-corrected chi connectivity index (χ0v) is 8.78. The molecule has 1 nitrogen and oxygen atoms in total. The summed E-state index contributed by atoms with van der Waals surface area (Å²) >= 11 is 5.63. The highest BCUT2D eigenvalue weighted by Crippen LogP contribution is 2.08. The van der Waals surface area contributed by atoms with E-state index in [0.29, 0.717) is 18.5 Å². The summed E-state index contributed by atoms with van der Waals surface area (Å²) in [5.74, 6) is 0.594. The molecule has 0 heterocycles. The van der Waals surface area contributed by atoms with Crippen LogP contribution < -0.4 is 0 Å². The predicted octanol–water partition coefficient (Wildman–Crippen LogP) is 2.69. The Kier molecular flexibility index (Phi) is 7.93. The van der Waals surface area contributed by atoms with Crippen LogP contribution in [0.2, 0.25) is 0 Å². The van der Waals surface area contributed by atoms with Crippen LogP contribution >= 0.6 is 11.6 Å². The first kappa shape index (κ1) is 12.2. The number of halogens is 2. The van der Waals surface area contributed by atoms with Crippen LogP contribution in [0.4, 0.5) is 4.39 Å². The maximum absolute atomic E-state index is 12.1. The summed E-state index contributed by atoms with van der Waals surface area (Å²) in [6.45, 7) is 5.32. The van der Waals surface area contributed by atoms with Crippen molar-refractivity contribution in [1.29, 1.82) is 0 Å². The van der Waals surface area contributed by atoms with E-state index in [0.717, 1.165) is 19.4 Å². The zero-order chi connectivity index (χ0) is 9.40. The van der Waals surface area contributed by atoms with E-state index in [9.17, 15) is 4.39 Å². The summed E-state index contributed by atoms with van der Waals surface area (Å²) in [5.41, 5.74) is 0. The number of nitrogens with zero attached hydrogens (tertiary/aromatic N) is 1. The lowest BCUT2D eigenvalue weighted by atomic mass is 10.1. The van der Waals surface area contributed by atoms with Crippen molar-refractivity contribution in [2.75, 3.05) is 25.6 Å². The summed E-state index contributed by atoms with van der Waals surface area (Å²) in [6.07, 6.45) is 2.15. The Morgan fingerprint density at radius 2 is 1.83 bits per heavy atom. The van der Waals surface area contributed by atoms with Gasteiger partial charge in [0.1, 0.15) is 6.67 Å². The number of hydrogen-bond acceptors (Lipinski definition) is 1. The fourth-order valence-corrected chi connectivity index (χ4v) is 1.72. The van der Waals surface area contributed by atoms with Crippen LogP contribution in [0.15, 0.2) is 0 Å². The monoisotopic (exact) mass is 195 g/mol. The Morgan fingerprint density at radius 3 is 2.17 bits per heavy atom. The van der Waals surface area contributed by atoms with E-state index in [-0.39, 0.29) is 6.67 Å². The first-order valence-electron chi connectivity index (χ1n) is 4.66. The quantitative estimate of drug-likeness (QED) is 0.565. The lowest BCUT2D eigenvalue weighted by Gasteiger charge is -2.28. The van der Waals surface area contributed by atoms with Crippen LogP contribution in [0, 0.1) is 0 Å². The van der Waals surface area contributed by atoms with Crippen LogP contribution in [-0.4, -0.2) is 36.6 Å². The van der Waals surface area contributed by atoms with E-state index in [4.69, 9.17) is 11.6 Å². The summed E-state index contributed by atoms with van der Waals surface area (Å²) in [6, 6.07) is 0.500. The molecule has 0 aromatic carbocycles. The van der Waals surface area contributed by atoms with Gasteiger partial charge in [0.15, 0.2) is 0 Å². The molecule has 0 aromatic heterocycles. The highest BCUT2D eigenvalue weighted by molar-refractivity contribution is 6.18. The average Bonchev–Trinajstić information content (AvgIpc) is 2.07. The van der Waals surface area contributed by atoms with Gasteiger partial charge in [0, 0.05) is 25.0 Å². The number of alkyl halides is 2. The Labute approximate surface area is 79.9 Å². The molecule has 0 N–H and O–H groups in total. The molecule has 0 atom stereocenters. The molecule has 0 rings (SSSR count). The SMILES string of the molecule is CCC(CC)N(CCF)CCCl. The third kappa shape index (κ3) is 4.27. The van der Waals surface area contributed by atoms with Crippen molar-refractivity contribution < 1.29 is 4.39 Å². The van der Waals surface area contributed by atoms with Gasteiger partial charge in [0.05, 0.1) is 0 Å². The Hall–Kier alpha value is 0.180. The molecule has 0 amide bonds. The molecule has 0 spiro atoms. The van der Waals surface area contributed by atoms with Crippen molar-refractivity contribution in [3.05, 3.63) is 0 Å². The van der Waals surface area contributed by atoms with Crippen molar-refractivity contribution in [3.8, 4) is 0 Å². The second-order valence-electron chi connectivity index (χ2n) is 2.88. The summed E-state index contributed by atoms with van der Waals surface area (Å²) in [5, 5.41) is 0. The highest BCUT2D eigenvalue weighted by atomic mass is 35.5. The molecule has 74 valence electrons. The first-order chi connectivity index (χ1) is 5.79. The minimum absolute atomic E-state index is 0.270. The maximum Gasteiger partial charge on any atom is 0.102 e. The van der Waals surface area contributed by atoms with E-state index < -0.39 is 0 Å². The molecule has 0 saturated carbocycles. The molecule has 3 heteroatoms. The van der Waals surface area contributed by atoms with Crippen LogP contribution in [0.3, 0.4) is 0 Å². The van der Waals surface area contributed by atoms with E-state index in [1.807, 2.05) is 0 Å². The minimum Gasteiger partial charge on any atom is -0.297 e. The standard InChI is InChI=1S/C9H19ClFN/c1-3-9(4-2)12(7-5-10)8-6-11/h9H,3-8H2,1-2H3. The largest absolute Gasteiger partial charge is 0.297 e. The van der Waals surface area contributed by atoms with E-state index in [1.165, 1.54) is 0 Å². The molecule has 0 saturated heterocycles. The van der Waals surface area contributed by atoms with E-state index in [2.05, 4.69) is 18.7 Å². The number of hydrogen-bond donors (Lipinski definition) is 0. The first-order valence-corrected chi connectivity index (χ1v) is 5.19. The van der Waals surface area contributed by atoms with E-state index in [1.54, 1.807) is 0 Å². The molecule has 0 radical (unpaired) electrons. The molecule has 0 bridgehead atoms. The fraction of sp³-hybridized carbons (Fsp3) is 1.00. The van der Waals surface area contributed by atoms with Gasteiger partial charge in [0.2, 0.25) is 0 Å². The molecule has 0 aliphatic carbocycles. The fourth-order valence-electron chi connectivity index (χ4n) is 1.50. The van der Waals surface area contributed by atoms with Gasteiger partial charge >= 0.3 is 0 Å². The van der Waals surface area contributed by atoms with Crippen LogP contribution in [0.25, 0.3) is 0 Å². The number of rotatable bonds is 7. The normalized spacial score (nSPS) is 11.5. The molecular formula is C9H19ClFN. The van der Waals surface area contributed by atoms with Crippen LogP contribution in [-0.2, 0) is 0 Å². The Balaban J connectivity index is 3.86. The summed E-state index contributed by atoms with van der Waals surface area (Å²) < 4.78 is 12.1. The topological polar surface area (TPSA) is 3.24 Å². The van der Waals surface area contributed by atoms with Crippen molar-refractivity contribution >= 4 is 11.6 Å². The van der Waals surface area contributed by atoms with Crippen molar-refractivity contribution in [2.24, 2.45) is 0 Å². The van der Waals surface area contributed by atoms with Gasteiger partial charge in [-0.25, -0.2) is 4.39 Å². The average molecular weight is 196 g/mol. The second kappa shape index (κ2) is 7.81. The zero-order valence-electron chi connectivity index (χ0n) is 8.02. The lowest BCUT2D eigenvalue weighted by Crippen LogP contribution is -2.37. The molecule has 0 unspecified atom stereocenters. The maximum atomic E-state index is 12.1. The van der Waals surface area contributed by atoms with Gasteiger partial charge in [-0.15, -0.1) is 11.6 Å². The molecule has 0 aliphatic heterocycles.